The fourth-order valence-electron chi connectivity index (χ4n) is 1.62. The summed E-state index contributed by atoms with van der Waals surface area (Å²) in [5.41, 5.74) is 1.09. The molecule has 1 fully saturated rings. The molecule has 1 aliphatic rings. The lowest BCUT2D eigenvalue weighted by molar-refractivity contribution is -0.141. The second kappa shape index (κ2) is 3.80. The van der Waals surface area contributed by atoms with Gasteiger partial charge < -0.3 is 10.4 Å². The highest BCUT2D eigenvalue weighted by Crippen LogP contribution is 2.18. The van der Waals surface area contributed by atoms with Gasteiger partial charge in [0.15, 0.2) is 0 Å². The van der Waals surface area contributed by atoms with Crippen molar-refractivity contribution in [3.05, 3.63) is 35.9 Å². The van der Waals surface area contributed by atoms with Crippen LogP contribution in [0.4, 0.5) is 0 Å². The van der Waals surface area contributed by atoms with Crippen molar-refractivity contribution in [3.63, 3.8) is 0 Å². The molecule has 0 aliphatic carbocycles. The fraction of sp³-hybridized carbons (Fsp3) is 0.364. The largest absolute Gasteiger partial charge is 0.481 e. The molecule has 2 atom stereocenters. The van der Waals surface area contributed by atoms with Gasteiger partial charge in [0.1, 0.15) is 0 Å². The highest BCUT2D eigenvalue weighted by Gasteiger charge is 2.35. The number of carboxylic acids is 1. The molecule has 2 rings (SSSR count). The van der Waals surface area contributed by atoms with Crippen LogP contribution in [0.25, 0.3) is 0 Å². The van der Waals surface area contributed by atoms with Crippen LogP contribution in [0.2, 0.25) is 0 Å². The van der Waals surface area contributed by atoms with Crippen LogP contribution < -0.4 is 5.32 Å². The average molecular weight is 191 g/mol. The third kappa shape index (κ3) is 2.12. The van der Waals surface area contributed by atoms with Crippen LogP contribution >= 0.6 is 0 Å². The molecule has 1 heterocycles. The normalized spacial score (nSPS) is 21.6. The Morgan fingerprint density at radius 2 is 2.14 bits per heavy atom. The number of benzene rings is 1. The van der Waals surface area contributed by atoms with Crippen LogP contribution in [0.15, 0.2) is 30.3 Å². The molecular formula is C11H13NO2. The second-order valence-corrected chi connectivity index (χ2v) is 3.65. The van der Waals surface area contributed by atoms with Gasteiger partial charge in [0.2, 0.25) is 0 Å². The molecule has 14 heavy (non-hydrogen) atoms. The quantitative estimate of drug-likeness (QED) is 0.695. The summed E-state index contributed by atoms with van der Waals surface area (Å²) in [6.45, 7) is 0.837. The first-order valence-corrected chi connectivity index (χ1v) is 4.77. The first kappa shape index (κ1) is 9.21. The van der Waals surface area contributed by atoms with Crippen molar-refractivity contribution in [2.24, 2.45) is 5.92 Å². The summed E-state index contributed by atoms with van der Waals surface area (Å²) in [4.78, 5) is 10.9. The fourth-order valence-corrected chi connectivity index (χ4v) is 1.62. The number of carboxylic acid groups (broad SMARTS) is 1. The maximum atomic E-state index is 10.9. The third-order valence-corrected chi connectivity index (χ3v) is 2.54. The van der Waals surface area contributed by atoms with Crippen LogP contribution in [0.3, 0.4) is 0 Å². The number of nitrogens with one attached hydrogen (secondary N) is 1. The molecule has 2 N–H and O–H groups in total. The van der Waals surface area contributed by atoms with Gasteiger partial charge in [0, 0.05) is 12.6 Å². The zero-order chi connectivity index (χ0) is 9.97. The lowest BCUT2D eigenvalue weighted by Crippen LogP contribution is -2.23. The van der Waals surface area contributed by atoms with Gasteiger partial charge in [-0.3, -0.25) is 4.79 Å². The minimum absolute atomic E-state index is 0.174. The molecular weight excluding hydrogens is 178 g/mol. The molecule has 0 unspecified atom stereocenters. The van der Waals surface area contributed by atoms with Gasteiger partial charge in [-0.25, -0.2) is 0 Å². The van der Waals surface area contributed by atoms with Crippen molar-refractivity contribution in [1.29, 1.82) is 0 Å². The Morgan fingerprint density at radius 3 is 2.64 bits per heavy atom. The van der Waals surface area contributed by atoms with Gasteiger partial charge in [-0.1, -0.05) is 30.3 Å². The molecule has 1 aromatic rings. The topological polar surface area (TPSA) is 59.2 Å². The summed E-state index contributed by atoms with van der Waals surface area (Å²) in [7, 11) is 0. The molecule has 0 spiro atoms. The predicted octanol–water partition coefficient (Wildman–Crippen LogP) is 0.902. The third-order valence-electron chi connectivity index (χ3n) is 2.54. The lowest BCUT2D eigenvalue weighted by atomic mass is 9.96. The van der Waals surface area contributed by atoms with E-state index in [-0.39, 0.29) is 12.0 Å². The molecule has 1 saturated heterocycles. The maximum absolute atomic E-state index is 10.9. The average Bonchev–Trinajstić information content (AvgIpc) is 2.99. The Hall–Kier alpha value is -1.35. The van der Waals surface area contributed by atoms with E-state index in [4.69, 9.17) is 5.11 Å². The number of rotatable bonds is 4. The van der Waals surface area contributed by atoms with E-state index in [0.717, 1.165) is 12.1 Å². The molecule has 1 aromatic carbocycles. The van der Waals surface area contributed by atoms with Crippen molar-refractivity contribution in [1.82, 2.24) is 5.32 Å². The highest BCUT2D eigenvalue weighted by molar-refractivity contribution is 5.72. The lowest BCUT2D eigenvalue weighted by Gasteiger charge is -2.09. The molecule has 3 nitrogen and oxygen atoms in total. The number of carbonyl (C=O) groups is 1. The van der Waals surface area contributed by atoms with Gasteiger partial charge in [-0.05, 0) is 12.0 Å². The van der Waals surface area contributed by atoms with Crippen LogP contribution in [-0.4, -0.2) is 23.7 Å². The van der Waals surface area contributed by atoms with E-state index in [9.17, 15) is 4.79 Å². The van der Waals surface area contributed by atoms with Gasteiger partial charge in [-0.2, -0.15) is 0 Å². The molecule has 0 radical (unpaired) electrons. The highest BCUT2D eigenvalue weighted by atomic mass is 16.4. The van der Waals surface area contributed by atoms with E-state index < -0.39 is 5.97 Å². The maximum Gasteiger partial charge on any atom is 0.308 e. The van der Waals surface area contributed by atoms with E-state index >= 15 is 0 Å². The van der Waals surface area contributed by atoms with E-state index in [1.54, 1.807) is 0 Å². The van der Waals surface area contributed by atoms with Crippen molar-refractivity contribution in [2.75, 3.05) is 6.54 Å². The van der Waals surface area contributed by atoms with Crippen LogP contribution in [-0.2, 0) is 11.2 Å². The van der Waals surface area contributed by atoms with E-state index in [2.05, 4.69) is 5.32 Å². The van der Waals surface area contributed by atoms with Gasteiger partial charge in [0.05, 0.1) is 5.92 Å². The molecule has 1 aliphatic heterocycles. The van der Waals surface area contributed by atoms with Crippen molar-refractivity contribution >= 4 is 5.97 Å². The first-order valence-electron chi connectivity index (χ1n) is 4.77. The molecule has 3 heteroatoms. The molecule has 0 aromatic heterocycles. The van der Waals surface area contributed by atoms with Crippen LogP contribution in [0.1, 0.15) is 5.56 Å². The van der Waals surface area contributed by atoms with E-state index in [1.807, 2.05) is 30.3 Å². The second-order valence-electron chi connectivity index (χ2n) is 3.65. The zero-order valence-electron chi connectivity index (χ0n) is 7.81. The monoisotopic (exact) mass is 191 g/mol. The summed E-state index contributed by atoms with van der Waals surface area (Å²) >= 11 is 0. The predicted molar refractivity (Wildman–Crippen MR) is 53.1 cm³/mol. The Kier molecular flexibility index (Phi) is 2.50. The Morgan fingerprint density at radius 1 is 1.50 bits per heavy atom. The van der Waals surface area contributed by atoms with Crippen molar-refractivity contribution in [2.45, 2.75) is 12.5 Å². The van der Waals surface area contributed by atoms with Crippen molar-refractivity contribution < 1.29 is 9.90 Å². The van der Waals surface area contributed by atoms with Crippen LogP contribution in [0.5, 0.6) is 0 Å². The Labute approximate surface area is 82.8 Å². The summed E-state index contributed by atoms with van der Waals surface area (Å²) < 4.78 is 0. The summed E-state index contributed by atoms with van der Waals surface area (Å²) in [6.07, 6.45) is 0.619. The number of aliphatic carboxylic acids is 1. The van der Waals surface area contributed by atoms with Crippen molar-refractivity contribution in [3.8, 4) is 0 Å². The zero-order valence-corrected chi connectivity index (χ0v) is 7.81. The molecule has 74 valence electrons. The number of hydrogen-bond acceptors (Lipinski definition) is 2. The molecule has 0 amide bonds. The van der Waals surface area contributed by atoms with Crippen LogP contribution in [0, 0.1) is 5.92 Å². The van der Waals surface area contributed by atoms with Gasteiger partial charge in [-0.15, -0.1) is 0 Å². The minimum Gasteiger partial charge on any atom is -0.481 e. The summed E-state index contributed by atoms with van der Waals surface area (Å²) in [6, 6.07) is 9.93. The first-order chi connectivity index (χ1) is 6.77. The van der Waals surface area contributed by atoms with Gasteiger partial charge >= 0.3 is 5.97 Å². The molecule has 0 saturated carbocycles. The Bertz CT molecular complexity index is 319. The SMILES string of the molecule is O=C(O)[C@H](Cc1ccccc1)[C@H]1CN1. The Balaban J connectivity index is 2.04. The molecule has 0 bridgehead atoms. The van der Waals surface area contributed by atoms with Gasteiger partial charge in [0.25, 0.3) is 0 Å². The smallest absolute Gasteiger partial charge is 0.308 e. The standard InChI is InChI=1S/C11H13NO2/c13-11(14)9(10-7-12-10)6-8-4-2-1-3-5-8/h1-5,9-10,12H,6-7H2,(H,13,14)/t9-,10-/m1/s1. The summed E-state index contributed by atoms with van der Waals surface area (Å²) in [5.74, 6) is -0.985. The van der Waals surface area contributed by atoms with E-state index in [0.29, 0.717) is 6.42 Å². The summed E-state index contributed by atoms with van der Waals surface area (Å²) in [5, 5.41) is 12.1. The minimum atomic E-state index is -0.705. The van der Waals surface area contributed by atoms with E-state index in [1.165, 1.54) is 0 Å². The number of hydrogen-bond donors (Lipinski definition) is 2.